The zero-order valence-electron chi connectivity index (χ0n) is 8.35. The molecule has 3 heteroatoms. The van der Waals surface area contributed by atoms with E-state index >= 15 is 0 Å². The molecule has 0 radical (unpaired) electrons. The maximum atomic E-state index is 5.92. The molecule has 15 heavy (non-hydrogen) atoms. The molecule has 1 aliphatic rings. The largest absolute Gasteiger partial charge is 0.360 e. The van der Waals surface area contributed by atoms with Crippen molar-refractivity contribution in [2.24, 2.45) is 10.7 Å². The lowest BCUT2D eigenvalue weighted by molar-refractivity contribution is 1.08. The van der Waals surface area contributed by atoms with Crippen molar-refractivity contribution >= 4 is 11.4 Å². The fourth-order valence-electron chi connectivity index (χ4n) is 1.52. The van der Waals surface area contributed by atoms with Crippen LogP contribution in [0.3, 0.4) is 0 Å². The van der Waals surface area contributed by atoms with E-state index < -0.39 is 0 Å². The highest BCUT2D eigenvalue weighted by Gasteiger charge is 2.14. The lowest BCUT2D eigenvalue weighted by Crippen LogP contribution is -2.28. The maximum absolute atomic E-state index is 5.92. The van der Waals surface area contributed by atoms with Gasteiger partial charge in [0.15, 0.2) is 0 Å². The number of rotatable bonds is 2. The van der Waals surface area contributed by atoms with Crippen molar-refractivity contribution in [1.82, 2.24) is 0 Å². The van der Waals surface area contributed by atoms with Gasteiger partial charge in [-0.3, -0.25) is 4.99 Å². The highest BCUT2D eigenvalue weighted by molar-refractivity contribution is 6.10. The number of nitrogens with two attached hydrogens (primary N) is 1. The Hall–Kier alpha value is -1.87. The molecule has 0 aliphatic carbocycles. The summed E-state index contributed by atoms with van der Waals surface area (Å²) >= 11 is 0. The number of nitrogens with one attached hydrogen (secondary N) is 1. The summed E-state index contributed by atoms with van der Waals surface area (Å²) in [4.78, 5) is 4.31. The molecule has 0 saturated carbocycles. The van der Waals surface area contributed by atoms with Crippen LogP contribution in [0, 0.1) is 0 Å². The fourth-order valence-corrected chi connectivity index (χ4v) is 1.52. The average molecular weight is 199 g/mol. The minimum absolute atomic E-state index is 0.240. The number of nitrogens with zero attached hydrogens (tertiary/aromatic N) is 1. The van der Waals surface area contributed by atoms with E-state index in [1.54, 1.807) is 18.5 Å². The van der Waals surface area contributed by atoms with Gasteiger partial charge in [0.05, 0.1) is 11.8 Å². The third-order valence-electron chi connectivity index (χ3n) is 2.30. The molecule has 1 heterocycles. The van der Waals surface area contributed by atoms with Gasteiger partial charge < -0.3 is 11.1 Å². The molecule has 0 amide bonds. The van der Waals surface area contributed by atoms with Crippen molar-refractivity contribution in [3.8, 4) is 0 Å². The Morgan fingerprint density at radius 1 is 1.40 bits per heavy atom. The van der Waals surface area contributed by atoms with E-state index in [1.165, 1.54) is 0 Å². The summed E-state index contributed by atoms with van der Waals surface area (Å²) < 4.78 is 0. The normalized spacial score (nSPS) is 15.7. The number of anilines is 1. The standard InChI is InChI=1S/C12H13N3/c1-2-10(13)12-9-5-3-4-6-11(9)14-7-8-15-12/h2-8,10,14H,1,13H2. The molecule has 0 spiro atoms. The molecule has 1 aliphatic heterocycles. The van der Waals surface area contributed by atoms with Gasteiger partial charge in [-0.15, -0.1) is 6.58 Å². The Balaban J connectivity index is 2.52. The number of para-hydroxylation sites is 1. The molecule has 3 nitrogen and oxygen atoms in total. The summed E-state index contributed by atoms with van der Waals surface area (Å²) in [6, 6.07) is 7.70. The van der Waals surface area contributed by atoms with Crippen LogP contribution in [0.4, 0.5) is 5.69 Å². The molecule has 0 saturated heterocycles. The van der Waals surface area contributed by atoms with Crippen LogP contribution in [-0.2, 0) is 0 Å². The van der Waals surface area contributed by atoms with Gasteiger partial charge in [0.25, 0.3) is 0 Å². The van der Waals surface area contributed by atoms with E-state index in [0.29, 0.717) is 0 Å². The third kappa shape index (κ3) is 1.82. The summed E-state index contributed by atoms with van der Waals surface area (Å²) in [5, 5.41) is 3.15. The Bertz CT molecular complexity index is 432. The Morgan fingerprint density at radius 2 is 2.20 bits per heavy atom. The number of hydrogen-bond donors (Lipinski definition) is 2. The molecule has 1 aromatic rings. The van der Waals surface area contributed by atoms with Gasteiger partial charge in [-0.05, 0) is 6.07 Å². The first-order valence-corrected chi connectivity index (χ1v) is 4.79. The lowest BCUT2D eigenvalue weighted by Gasteiger charge is -2.12. The van der Waals surface area contributed by atoms with Gasteiger partial charge in [-0.2, -0.15) is 0 Å². The second kappa shape index (κ2) is 4.11. The molecule has 76 valence electrons. The summed E-state index contributed by atoms with van der Waals surface area (Å²) in [6.07, 6.45) is 5.19. The zero-order valence-corrected chi connectivity index (χ0v) is 8.35. The second-order valence-electron chi connectivity index (χ2n) is 3.28. The first-order chi connectivity index (χ1) is 7.33. The SMILES string of the molecule is C=CC(N)C1=NC=CNc2ccccc21. The summed E-state index contributed by atoms with van der Waals surface area (Å²) in [7, 11) is 0. The summed E-state index contributed by atoms with van der Waals surface area (Å²) in [5.74, 6) is 0. The Morgan fingerprint density at radius 3 is 3.00 bits per heavy atom. The Kier molecular flexibility index (Phi) is 2.65. The molecule has 1 unspecified atom stereocenters. The van der Waals surface area contributed by atoms with E-state index in [0.717, 1.165) is 17.0 Å². The van der Waals surface area contributed by atoms with Crippen LogP contribution in [0.2, 0.25) is 0 Å². The molecular weight excluding hydrogens is 186 g/mol. The van der Waals surface area contributed by atoms with E-state index in [2.05, 4.69) is 16.9 Å². The minimum Gasteiger partial charge on any atom is -0.360 e. The molecule has 2 rings (SSSR count). The fraction of sp³-hybridized carbons (Fsp3) is 0.0833. The molecule has 1 atom stereocenters. The van der Waals surface area contributed by atoms with Gasteiger partial charge in [-0.1, -0.05) is 24.3 Å². The molecule has 0 aromatic heterocycles. The van der Waals surface area contributed by atoms with Crippen molar-refractivity contribution in [2.45, 2.75) is 6.04 Å². The van der Waals surface area contributed by atoms with Crippen LogP contribution < -0.4 is 11.1 Å². The van der Waals surface area contributed by atoms with Gasteiger partial charge in [-0.25, -0.2) is 0 Å². The van der Waals surface area contributed by atoms with E-state index in [9.17, 15) is 0 Å². The monoisotopic (exact) mass is 199 g/mol. The third-order valence-corrected chi connectivity index (χ3v) is 2.30. The van der Waals surface area contributed by atoms with E-state index in [1.807, 2.05) is 24.3 Å². The van der Waals surface area contributed by atoms with Crippen LogP contribution in [0.5, 0.6) is 0 Å². The molecular formula is C12H13N3. The molecule has 0 fully saturated rings. The lowest BCUT2D eigenvalue weighted by atomic mass is 10.0. The van der Waals surface area contributed by atoms with Gasteiger partial charge >= 0.3 is 0 Å². The predicted octanol–water partition coefficient (Wildman–Crippen LogP) is 1.89. The average Bonchev–Trinajstić information content (AvgIpc) is 2.50. The highest BCUT2D eigenvalue weighted by Crippen LogP contribution is 2.19. The minimum atomic E-state index is -0.240. The quantitative estimate of drug-likeness (QED) is 0.714. The number of benzene rings is 1. The van der Waals surface area contributed by atoms with Crippen LogP contribution in [0.25, 0.3) is 0 Å². The molecule has 1 aromatic carbocycles. The van der Waals surface area contributed by atoms with Crippen molar-refractivity contribution < 1.29 is 0 Å². The van der Waals surface area contributed by atoms with Crippen LogP contribution in [-0.4, -0.2) is 11.8 Å². The van der Waals surface area contributed by atoms with Crippen LogP contribution in [0.15, 0.2) is 54.3 Å². The van der Waals surface area contributed by atoms with Gasteiger partial charge in [0.2, 0.25) is 0 Å². The Labute approximate surface area is 89.0 Å². The van der Waals surface area contributed by atoms with Crippen molar-refractivity contribution in [3.63, 3.8) is 0 Å². The number of fused-ring (bicyclic) bond motifs is 1. The molecule has 0 bridgehead atoms. The van der Waals surface area contributed by atoms with Crippen LogP contribution in [0.1, 0.15) is 5.56 Å². The van der Waals surface area contributed by atoms with Gasteiger partial charge in [0.1, 0.15) is 0 Å². The van der Waals surface area contributed by atoms with Crippen molar-refractivity contribution in [1.29, 1.82) is 0 Å². The van der Waals surface area contributed by atoms with E-state index in [-0.39, 0.29) is 6.04 Å². The summed E-state index contributed by atoms with van der Waals surface area (Å²) in [5.41, 5.74) is 8.80. The summed E-state index contributed by atoms with van der Waals surface area (Å²) in [6.45, 7) is 3.69. The second-order valence-corrected chi connectivity index (χ2v) is 3.28. The van der Waals surface area contributed by atoms with Crippen LogP contribution >= 0.6 is 0 Å². The maximum Gasteiger partial charge on any atom is 0.0703 e. The number of hydrogen-bond acceptors (Lipinski definition) is 3. The molecule has 3 N–H and O–H groups in total. The first kappa shape index (κ1) is 9.68. The number of aliphatic imine (C=N–C) groups is 1. The smallest absolute Gasteiger partial charge is 0.0703 e. The van der Waals surface area contributed by atoms with Crippen molar-refractivity contribution in [3.05, 3.63) is 54.9 Å². The van der Waals surface area contributed by atoms with Gasteiger partial charge in [0, 0.05) is 23.7 Å². The predicted molar refractivity (Wildman–Crippen MR) is 63.9 cm³/mol. The topological polar surface area (TPSA) is 50.4 Å². The highest BCUT2D eigenvalue weighted by atomic mass is 14.9. The first-order valence-electron chi connectivity index (χ1n) is 4.79. The zero-order chi connectivity index (χ0) is 10.7. The van der Waals surface area contributed by atoms with Crippen molar-refractivity contribution in [2.75, 3.05) is 5.32 Å². The van der Waals surface area contributed by atoms with E-state index in [4.69, 9.17) is 5.73 Å².